The van der Waals surface area contributed by atoms with Gasteiger partial charge in [-0.15, -0.1) is 0 Å². The summed E-state index contributed by atoms with van der Waals surface area (Å²) in [5, 5.41) is 0. The topological polar surface area (TPSA) is 36.7 Å². The van der Waals surface area contributed by atoms with Crippen molar-refractivity contribution < 1.29 is 31.2 Å². The minimum atomic E-state index is -2.20. The Hall–Kier alpha value is -2.88. The molecule has 0 bridgehead atoms. The van der Waals surface area contributed by atoms with Crippen molar-refractivity contribution in [1.29, 1.82) is 0 Å². The van der Waals surface area contributed by atoms with Gasteiger partial charge in [0.05, 0.1) is 0 Å². The maximum atomic E-state index is 14.0. The third-order valence-electron chi connectivity index (χ3n) is 5.02. The second kappa shape index (κ2) is 8.33. The second-order valence-electron chi connectivity index (χ2n) is 6.87. The lowest BCUT2D eigenvalue weighted by molar-refractivity contribution is 0.0715. The van der Waals surface area contributed by atoms with E-state index in [1.54, 1.807) is 6.07 Å². The highest BCUT2D eigenvalue weighted by atomic mass is 79.9. The molecule has 1 saturated heterocycles. The number of carbonyl (C=O) groups excluding carboxylic acids is 1. The van der Waals surface area contributed by atoms with Crippen molar-refractivity contribution >= 4 is 27.5 Å². The highest BCUT2D eigenvalue weighted by Crippen LogP contribution is 2.31. The number of hydrogen-bond acceptors (Lipinski definition) is 3. The molecule has 0 unspecified atom stereocenters. The van der Waals surface area contributed by atoms with Gasteiger partial charge in [0.1, 0.15) is 11.4 Å². The highest BCUT2D eigenvalue weighted by molar-refractivity contribution is 9.10. The van der Waals surface area contributed by atoms with Crippen molar-refractivity contribution in [2.24, 2.45) is 0 Å². The number of hydrogen-bond donors (Lipinski definition) is 0. The number of amides is 1. The van der Waals surface area contributed by atoms with E-state index in [4.69, 9.17) is 4.42 Å². The fourth-order valence-electron chi connectivity index (χ4n) is 3.38. The predicted octanol–water partition coefficient (Wildman–Crippen LogP) is 5.37. The third-order valence-corrected chi connectivity index (χ3v) is 5.54. The predicted molar refractivity (Wildman–Crippen MR) is 106 cm³/mol. The van der Waals surface area contributed by atoms with Gasteiger partial charge in [0.25, 0.3) is 5.91 Å². The van der Waals surface area contributed by atoms with Crippen LogP contribution in [0.5, 0.6) is 0 Å². The number of anilines is 1. The van der Waals surface area contributed by atoms with Gasteiger partial charge >= 0.3 is 0 Å². The largest absolute Gasteiger partial charge is 0.451 e. The first kappa shape index (κ1) is 21.4. The molecule has 0 atom stereocenters. The molecule has 0 spiro atoms. The lowest BCUT2D eigenvalue weighted by atomic mass is 10.2. The summed E-state index contributed by atoms with van der Waals surface area (Å²) in [6.07, 6.45) is 0. The molecule has 162 valence electrons. The fourth-order valence-corrected chi connectivity index (χ4v) is 3.65. The van der Waals surface area contributed by atoms with Crippen molar-refractivity contribution in [3.8, 4) is 11.3 Å². The number of benzene rings is 2. The van der Waals surface area contributed by atoms with Crippen molar-refractivity contribution in [2.75, 3.05) is 31.1 Å². The van der Waals surface area contributed by atoms with Gasteiger partial charge in [0.2, 0.25) is 5.82 Å². The molecule has 1 aliphatic rings. The molecule has 3 aromatic rings. The van der Waals surface area contributed by atoms with Crippen LogP contribution in [0.15, 0.2) is 45.3 Å². The Morgan fingerprint density at radius 3 is 1.90 bits per heavy atom. The molecule has 0 N–H and O–H groups in total. The molecule has 31 heavy (non-hydrogen) atoms. The summed E-state index contributed by atoms with van der Waals surface area (Å²) in [5.41, 5.74) is -0.211. The summed E-state index contributed by atoms with van der Waals surface area (Å²) in [7, 11) is 0. The summed E-state index contributed by atoms with van der Waals surface area (Å²) in [5.74, 6) is -9.82. The molecule has 10 heteroatoms. The Kier molecular flexibility index (Phi) is 5.74. The second-order valence-corrected chi connectivity index (χ2v) is 7.78. The number of rotatable bonds is 3. The number of nitrogens with zero attached hydrogens (tertiary/aromatic N) is 2. The van der Waals surface area contributed by atoms with Gasteiger partial charge in [-0.05, 0) is 24.3 Å². The first-order valence-corrected chi connectivity index (χ1v) is 9.98. The molecule has 1 amide bonds. The summed E-state index contributed by atoms with van der Waals surface area (Å²) in [6.45, 7) is -0.173. The Balaban J connectivity index is 1.47. The Morgan fingerprint density at radius 1 is 0.774 bits per heavy atom. The first-order valence-electron chi connectivity index (χ1n) is 9.19. The molecule has 1 aromatic heterocycles. The lowest BCUT2D eigenvalue weighted by Gasteiger charge is -2.36. The third kappa shape index (κ3) is 3.91. The van der Waals surface area contributed by atoms with Crippen LogP contribution in [0, 0.1) is 29.1 Å². The molecule has 0 radical (unpaired) electrons. The van der Waals surface area contributed by atoms with E-state index >= 15 is 0 Å². The number of halogens is 6. The Labute approximate surface area is 182 Å². The molecular formula is C21H14BrF5N2O2. The summed E-state index contributed by atoms with van der Waals surface area (Å²) >= 11 is 3.34. The van der Waals surface area contributed by atoms with E-state index in [0.29, 0.717) is 5.76 Å². The van der Waals surface area contributed by atoms with Gasteiger partial charge in [0, 0.05) is 36.2 Å². The van der Waals surface area contributed by atoms with Gasteiger partial charge in [0.15, 0.2) is 29.0 Å². The Bertz CT molecular complexity index is 1110. The van der Waals surface area contributed by atoms with Crippen LogP contribution >= 0.6 is 15.9 Å². The maximum Gasteiger partial charge on any atom is 0.289 e. The number of piperazine rings is 1. The smallest absolute Gasteiger partial charge is 0.289 e. The average Bonchev–Trinajstić information content (AvgIpc) is 3.27. The molecule has 1 fully saturated rings. The Morgan fingerprint density at radius 2 is 1.32 bits per heavy atom. The van der Waals surface area contributed by atoms with Crippen LogP contribution in [-0.4, -0.2) is 37.0 Å². The molecule has 0 aliphatic carbocycles. The van der Waals surface area contributed by atoms with Gasteiger partial charge in [-0.25, -0.2) is 22.0 Å². The standard InChI is InChI=1S/C21H14BrF5N2O2/c22-12-3-1-11(2-4-12)13-5-6-14(31-13)21(30)29-9-7-28(8-10-29)20-18(26)16(24)15(23)17(25)19(20)27/h1-6H,7-10H2. The van der Waals surface area contributed by atoms with E-state index in [1.165, 1.54) is 11.0 Å². The molecular weight excluding hydrogens is 487 g/mol. The monoisotopic (exact) mass is 500 g/mol. The first-order chi connectivity index (χ1) is 14.8. The zero-order chi connectivity index (χ0) is 22.3. The minimum Gasteiger partial charge on any atom is -0.451 e. The highest BCUT2D eigenvalue weighted by Gasteiger charge is 2.32. The van der Waals surface area contributed by atoms with Gasteiger partial charge in [-0.1, -0.05) is 28.1 Å². The lowest BCUT2D eigenvalue weighted by Crippen LogP contribution is -2.49. The van der Waals surface area contributed by atoms with Crippen LogP contribution in [0.2, 0.25) is 0 Å². The molecule has 2 aromatic carbocycles. The molecule has 0 saturated carbocycles. The number of furan rings is 1. The van der Waals surface area contributed by atoms with Crippen LogP contribution in [0.25, 0.3) is 11.3 Å². The van der Waals surface area contributed by atoms with Crippen LogP contribution in [0.4, 0.5) is 27.6 Å². The van der Waals surface area contributed by atoms with Crippen molar-refractivity contribution in [2.45, 2.75) is 0 Å². The fraction of sp³-hybridized carbons (Fsp3) is 0.190. The van der Waals surface area contributed by atoms with Crippen molar-refractivity contribution in [1.82, 2.24) is 4.90 Å². The molecule has 2 heterocycles. The van der Waals surface area contributed by atoms with E-state index in [9.17, 15) is 26.7 Å². The van der Waals surface area contributed by atoms with Crippen molar-refractivity contribution in [3.05, 3.63) is 75.7 Å². The summed E-state index contributed by atoms with van der Waals surface area (Å²) < 4.78 is 74.8. The van der Waals surface area contributed by atoms with Gasteiger partial charge in [-0.3, -0.25) is 4.79 Å². The van der Waals surface area contributed by atoms with Crippen LogP contribution in [0.3, 0.4) is 0 Å². The van der Waals surface area contributed by atoms with E-state index in [2.05, 4.69) is 15.9 Å². The zero-order valence-corrected chi connectivity index (χ0v) is 17.4. The van der Waals surface area contributed by atoms with E-state index in [1.807, 2.05) is 24.3 Å². The van der Waals surface area contributed by atoms with E-state index in [-0.39, 0.29) is 31.9 Å². The number of carbonyl (C=O) groups is 1. The maximum absolute atomic E-state index is 14.0. The summed E-state index contributed by atoms with van der Waals surface area (Å²) in [6, 6.07) is 10.5. The average molecular weight is 501 g/mol. The van der Waals surface area contributed by atoms with Crippen LogP contribution < -0.4 is 4.90 Å². The molecule has 1 aliphatic heterocycles. The van der Waals surface area contributed by atoms with E-state index < -0.39 is 40.7 Å². The van der Waals surface area contributed by atoms with Gasteiger partial charge in [-0.2, -0.15) is 0 Å². The zero-order valence-electron chi connectivity index (χ0n) is 15.8. The van der Waals surface area contributed by atoms with Crippen LogP contribution in [-0.2, 0) is 0 Å². The molecule has 4 rings (SSSR count). The minimum absolute atomic E-state index is 0.0205. The molecule has 4 nitrogen and oxygen atoms in total. The van der Waals surface area contributed by atoms with Crippen molar-refractivity contribution in [3.63, 3.8) is 0 Å². The summed E-state index contributed by atoms with van der Waals surface area (Å²) in [4.78, 5) is 15.1. The van der Waals surface area contributed by atoms with Crippen LogP contribution in [0.1, 0.15) is 10.6 Å². The SMILES string of the molecule is O=C(c1ccc(-c2ccc(Br)cc2)o1)N1CCN(c2c(F)c(F)c(F)c(F)c2F)CC1. The quantitative estimate of drug-likeness (QED) is 0.275. The van der Waals surface area contributed by atoms with Gasteiger partial charge < -0.3 is 14.2 Å². The van der Waals surface area contributed by atoms with E-state index in [0.717, 1.165) is 14.9 Å². The normalized spacial score (nSPS) is 14.3.